The Balaban J connectivity index is 1.38. The third kappa shape index (κ3) is 4.10. The number of amides is 4. The van der Waals surface area contributed by atoms with Crippen LogP contribution in [0.3, 0.4) is 0 Å². The Morgan fingerprint density at radius 1 is 1.37 bits per heavy atom. The van der Waals surface area contributed by atoms with Gasteiger partial charge < -0.3 is 15.4 Å². The molecule has 1 aliphatic carbocycles. The molecule has 0 radical (unpaired) electrons. The van der Waals surface area contributed by atoms with Crippen LogP contribution in [0.2, 0.25) is 0 Å². The zero-order valence-corrected chi connectivity index (χ0v) is 18.2. The van der Waals surface area contributed by atoms with Gasteiger partial charge in [0.2, 0.25) is 5.91 Å². The van der Waals surface area contributed by atoms with Crippen LogP contribution in [0.15, 0.2) is 17.5 Å². The number of urea groups is 1. The van der Waals surface area contributed by atoms with Crippen molar-refractivity contribution >= 4 is 29.2 Å². The molecule has 3 aliphatic rings. The van der Waals surface area contributed by atoms with E-state index in [0.717, 1.165) is 37.3 Å². The number of imide groups is 1. The summed E-state index contributed by atoms with van der Waals surface area (Å²) in [5, 5.41) is 7.88. The number of hydrogen-bond donors (Lipinski definition) is 2. The van der Waals surface area contributed by atoms with Crippen LogP contribution >= 0.6 is 11.3 Å². The third-order valence-electron chi connectivity index (χ3n) is 6.65. The zero-order valence-electron chi connectivity index (χ0n) is 17.4. The molecule has 8 nitrogen and oxygen atoms in total. The van der Waals surface area contributed by atoms with Gasteiger partial charge in [-0.2, -0.15) is 0 Å². The van der Waals surface area contributed by atoms with Crippen LogP contribution < -0.4 is 10.6 Å². The van der Waals surface area contributed by atoms with Gasteiger partial charge in [-0.1, -0.05) is 25.8 Å². The van der Waals surface area contributed by atoms with Crippen molar-refractivity contribution in [2.75, 3.05) is 39.4 Å². The topological polar surface area (TPSA) is 91.0 Å². The van der Waals surface area contributed by atoms with Crippen LogP contribution in [0.25, 0.3) is 0 Å². The van der Waals surface area contributed by atoms with Crippen LogP contribution in [0, 0.1) is 5.92 Å². The summed E-state index contributed by atoms with van der Waals surface area (Å²) in [5.74, 6) is -0.480. The van der Waals surface area contributed by atoms with Crippen LogP contribution in [-0.4, -0.2) is 72.6 Å². The van der Waals surface area contributed by atoms with Crippen molar-refractivity contribution in [2.24, 2.45) is 5.92 Å². The van der Waals surface area contributed by atoms with E-state index in [1.54, 1.807) is 11.3 Å². The van der Waals surface area contributed by atoms with Crippen LogP contribution in [0.5, 0.6) is 0 Å². The first-order chi connectivity index (χ1) is 14.5. The summed E-state index contributed by atoms with van der Waals surface area (Å²) >= 11 is 1.66. The van der Waals surface area contributed by atoms with Crippen molar-refractivity contribution in [1.29, 1.82) is 0 Å². The Bertz CT molecular complexity index is 780. The molecule has 1 aromatic heterocycles. The second kappa shape index (κ2) is 9.03. The second-order valence-electron chi connectivity index (χ2n) is 8.42. The molecular formula is C21H30N4O4S. The second-order valence-corrected chi connectivity index (χ2v) is 9.40. The van der Waals surface area contributed by atoms with Gasteiger partial charge in [0.05, 0.1) is 19.3 Å². The molecule has 1 spiro atoms. The smallest absolute Gasteiger partial charge is 0.325 e. The number of ether oxygens (including phenoxy) is 1. The fraction of sp³-hybridized carbons (Fsp3) is 0.667. The number of thiophene rings is 1. The highest BCUT2D eigenvalue weighted by molar-refractivity contribution is 7.10. The molecule has 0 unspecified atom stereocenters. The monoisotopic (exact) mass is 434 g/mol. The maximum atomic E-state index is 13.1. The summed E-state index contributed by atoms with van der Waals surface area (Å²) in [7, 11) is 0. The standard InChI is InChI=1S/C21H30N4O4S/c1-15-5-2-3-7-21(15)19(27)25(20(28)23-21)14-18(26)22-13-16(17-6-4-12-30-17)24-8-10-29-11-9-24/h4,6,12,15-16H,2-3,5,7-11,13-14H2,1H3,(H,22,26)(H,23,28)/t15-,16-,21+/m0/s1. The number of morpholine rings is 1. The molecule has 164 valence electrons. The predicted octanol–water partition coefficient (Wildman–Crippen LogP) is 1.74. The highest BCUT2D eigenvalue weighted by atomic mass is 32.1. The highest BCUT2D eigenvalue weighted by Gasteiger charge is 2.55. The lowest BCUT2D eigenvalue weighted by Gasteiger charge is -2.36. The molecule has 4 rings (SSSR count). The van der Waals surface area contributed by atoms with Crippen molar-refractivity contribution in [3.63, 3.8) is 0 Å². The minimum atomic E-state index is -0.830. The van der Waals surface area contributed by atoms with Gasteiger partial charge in [-0.25, -0.2) is 4.79 Å². The number of nitrogens with zero attached hydrogens (tertiary/aromatic N) is 2. The maximum Gasteiger partial charge on any atom is 0.325 e. The molecule has 3 atom stereocenters. The molecule has 1 aromatic rings. The Hall–Kier alpha value is -1.97. The molecular weight excluding hydrogens is 404 g/mol. The Morgan fingerprint density at radius 2 is 2.17 bits per heavy atom. The van der Waals surface area contributed by atoms with Gasteiger partial charge in [-0.05, 0) is 30.2 Å². The van der Waals surface area contributed by atoms with E-state index in [4.69, 9.17) is 4.74 Å². The predicted molar refractivity (Wildman–Crippen MR) is 113 cm³/mol. The van der Waals surface area contributed by atoms with Gasteiger partial charge in [0.1, 0.15) is 12.1 Å². The first-order valence-electron chi connectivity index (χ1n) is 10.8. The normalized spacial score (nSPS) is 28.6. The lowest BCUT2D eigenvalue weighted by molar-refractivity contribution is -0.137. The van der Waals surface area contributed by atoms with Crippen molar-refractivity contribution in [3.05, 3.63) is 22.4 Å². The zero-order chi connectivity index (χ0) is 21.1. The summed E-state index contributed by atoms with van der Waals surface area (Å²) in [5.41, 5.74) is -0.830. The van der Waals surface area contributed by atoms with Crippen molar-refractivity contribution in [2.45, 2.75) is 44.2 Å². The van der Waals surface area contributed by atoms with E-state index in [9.17, 15) is 14.4 Å². The summed E-state index contributed by atoms with van der Waals surface area (Å²) in [4.78, 5) is 42.8. The molecule has 30 heavy (non-hydrogen) atoms. The van der Waals surface area contributed by atoms with E-state index < -0.39 is 11.6 Å². The van der Waals surface area contributed by atoms with E-state index in [1.165, 1.54) is 4.88 Å². The quantitative estimate of drug-likeness (QED) is 0.666. The van der Waals surface area contributed by atoms with Crippen LogP contribution in [0.1, 0.15) is 43.5 Å². The Morgan fingerprint density at radius 3 is 2.87 bits per heavy atom. The number of nitrogens with one attached hydrogen (secondary N) is 2. The largest absolute Gasteiger partial charge is 0.379 e. The number of hydrogen-bond acceptors (Lipinski definition) is 6. The molecule has 3 fully saturated rings. The molecule has 9 heteroatoms. The lowest BCUT2D eigenvalue weighted by atomic mass is 9.73. The Labute approximate surface area is 180 Å². The van der Waals surface area contributed by atoms with E-state index in [2.05, 4.69) is 21.6 Å². The third-order valence-corrected chi connectivity index (χ3v) is 7.63. The van der Waals surface area contributed by atoms with Crippen molar-refractivity contribution < 1.29 is 19.1 Å². The fourth-order valence-electron chi connectivity index (χ4n) is 4.83. The van der Waals surface area contributed by atoms with Gasteiger partial charge in [0, 0.05) is 24.5 Å². The average Bonchev–Trinajstić information content (AvgIpc) is 3.35. The molecule has 2 saturated heterocycles. The highest BCUT2D eigenvalue weighted by Crippen LogP contribution is 2.38. The number of rotatable bonds is 6. The van der Waals surface area contributed by atoms with Gasteiger partial charge in [-0.3, -0.25) is 19.4 Å². The Kier molecular flexibility index (Phi) is 6.40. The fourth-order valence-corrected chi connectivity index (χ4v) is 5.69. The molecule has 4 amide bonds. The van der Waals surface area contributed by atoms with Gasteiger partial charge in [0.15, 0.2) is 0 Å². The molecule has 0 aromatic carbocycles. The molecule has 1 saturated carbocycles. The molecule has 2 aliphatic heterocycles. The molecule has 2 N–H and O–H groups in total. The lowest BCUT2D eigenvalue weighted by Crippen LogP contribution is -2.54. The minimum absolute atomic E-state index is 0.0608. The minimum Gasteiger partial charge on any atom is -0.379 e. The van der Waals surface area contributed by atoms with E-state index >= 15 is 0 Å². The van der Waals surface area contributed by atoms with Gasteiger partial charge >= 0.3 is 6.03 Å². The summed E-state index contributed by atoms with van der Waals surface area (Å²) < 4.78 is 5.45. The number of carbonyl (C=O) groups excluding carboxylic acids is 3. The van der Waals surface area contributed by atoms with Crippen LogP contribution in [0.4, 0.5) is 4.79 Å². The maximum absolute atomic E-state index is 13.1. The first-order valence-corrected chi connectivity index (χ1v) is 11.7. The first kappa shape index (κ1) is 21.3. The van der Waals surface area contributed by atoms with E-state index in [0.29, 0.717) is 26.2 Å². The van der Waals surface area contributed by atoms with Crippen molar-refractivity contribution in [3.8, 4) is 0 Å². The number of carbonyl (C=O) groups is 3. The molecule has 0 bridgehead atoms. The average molecular weight is 435 g/mol. The summed E-state index contributed by atoms with van der Waals surface area (Å²) in [6.07, 6.45) is 3.54. The summed E-state index contributed by atoms with van der Waals surface area (Å²) in [6.45, 7) is 5.19. The van der Waals surface area contributed by atoms with Gasteiger partial charge in [-0.15, -0.1) is 11.3 Å². The van der Waals surface area contributed by atoms with Gasteiger partial charge in [0.25, 0.3) is 5.91 Å². The van der Waals surface area contributed by atoms with Crippen molar-refractivity contribution in [1.82, 2.24) is 20.4 Å². The SMILES string of the molecule is C[C@H]1CCCC[C@@]12NC(=O)N(CC(=O)NC[C@@H](c1cccs1)N1CCOCC1)C2=O. The molecule has 3 heterocycles. The summed E-state index contributed by atoms with van der Waals surface area (Å²) in [6, 6.07) is 3.69. The van der Waals surface area contributed by atoms with Crippen LogP contribution in [-0.2, 0) is 14.3 Å². The van der Waals surface area contributed by atoms with E-state index in [1.807, 2.05) is 18.4 Å². The van der Waals surface area contributed by atoms with E-state index in [-0.39, 0.29) is 30.3 Å².